The molecule has 23 heavy (non-hydrogen) atoms. The van der Waals surface area contributed by atoms with Crippen LogP contribution in [0.4, 0.5) is 15.8 Å². The van der Waals surface area contributed by atoms with E-state index in [0.717, 1.165) is 18.2 Å². The molecule has 0 saturated heterocycles. The lowest BCUT2D eigenvalue weighted by molar-refractivity contribution is -0.386. The third-order valence-corrected chi connectivity index (χ3v) is 2.98. The minimum atomic E-state index is -0.709. The van der Waals surface area contributed by atoms with Gasteiger partial charge in [-0.05, 0) is 12.1 Å². The fraction of sp³-hybridized carbons (Fsp3) is 0.143. The molecule has 0 radical (unpaired) electrons. The number of benzene rings is 2. The molecule has 2 rings (SSSR count). The molecule has 0 atom stereocenters. The van der Waals surface area contributed by atoms with E-state index in [1.807, 2.05) is 0 Å². The summed E-state index contributed by atoms with van der Waals surface area (Å²) < 4.78 is 23.6. The van der Waals surface area contributed by atoms with Gasteiger partial charge in [0.25, 0.3) is 5.69 Å². The number of nitro benzene ring substituents is 2. The summed E-state index contributed by atoms with van der Waals surface area (Å²) in [6.45, 7) is -0.255. The Morgan fingerprint density at radius 3 is 2.39 bits per heavy atom. The summed E-state index contributed by atoms with van der Waals surface area (Å²) in [5, 5.41) is 21.7. The molecule has 0 saturated carbocycles. The van der Waals surface area contributed by atoms with E-state index in [1.165, 1.54) is 25.3 Å². The Morgan fingerprint density at radius 2 is 1.78 bits per heavy atom. The Morgan fingerprint density at radius 1 is 1.04 bits per heavy atom. The smallest absolute Gasteiger partial charge is 0.311 e. The van der Waals surface area contributed by atoms with Crippen LogP contribution < -0.4 is 9.47 Å². The first-order chi connectivity index (χ1) is 10.9. The third-order valence-electron chi connectivity index (χ3n) is 2.98. The number of non-ortho nitro benzene ring substituents is 1. The number of nitrogens with zero attached hydrogens (tertiary/aromatic N) is 2. The van der Waals surface area contributed by atoms with E-state index in [4.69, 9.17) is 9.47 Å². The van der Waals surface area contributed by atoms with Crippen LogP contribution in [-0.4, -0.2) is 17.0 Å². The number of nitro groups is 2. The molecule has 0 amide bonds. The second-order valence-electron chi connectivity index (χ2n) is 4.41. The first-order valence-electron chi connectivity index (χ1n) is 6.30. The molecule has 0 aromatic heterocycles. The van der Waals surface area contributed by atoms with Crippen LogP contribution in [0.2, 0.25) is 0 Å². The standard InChI is InChI=1S/C14H11FN2O6/c1-22-13-5-3-11(16(18)19)6-9(13)8-23-14-7-10(15)2-4-12(14)17(20)21/h2-7H,8H2,1H3. The van der Waals surface area contributed by atoms with Crippen molar-refractivity contribution in [3.63, 3.8) is 0 Å². The highest BCUT2D eigenvalue weighted by molar-refractivity contribution is 5.47. The predicted molar refractivity (Wildman–Crippen MR) is 77.0 cm³/mol. The van der Waals surface area contributed by atoms with Crippen molar-refractivity contribution in [2.75, 3.05) is 7.11 Å². The quantitative estimate of drug-likeness (QED) is 0.597. The van der Waals surface area contributed by atoms with Gasteiger partial charge in [-0.3, -0.25) is 20.2 Å². The molecule has 0 aliphatic carbocycles. The molecule has 2 aromatic carbocycles. The minimum Gasteiger partial charge on any atom is -0.496 e. The van der Waals surface area contributed by atoms with E-state index in [-0.39, 0.29) is 18.0 Å². The number of methoxy groups -OCH3 is 1. The van der Waals surface area contributed by atoms with Crippen molar-refractivity contribution >= 4 is 11.4 Å². The van der Waals surface area contributed by atoms with Crippen LogP contribution >= 0.6 is 0 Å². The van der Waals surface area contributed by atoms with Crippen molar-refractivity contribution in [1.29, 1.82) is 0 Å². The first kappa shape index (κ1) is 16.1. The van der Waals surface area contributed by atoms with E-state index in [9.17, 15) is 24.6 Å². The van der Waals surface area contributed by atoms with Crippen molar-refractivity contribution < 1.29 is 23.7 Å². The van der Waals surface area contributed by atoms with Crippen LogP contribution in [0.3, 0.4) is 0 Å². The molecule has 8 nitrogen and oxygen atoms in total. The van der Waals surface area contributed by atoms with Crippen LogP contribution in [0.15, 0.2) is 36.4 Å². The molecule has 0 aliphatic heterocycles. The topological polar surface area (TPSA) is 105 Å². The first-order valence-corrected chi connectivity index (χ1v) is 6.30. The molecule has 0 bridgehead atoms. The van der Waals surface area contributed by atoms with Gasteiger partial charge in [0.1, 0.15) is 18.2 Å². The molecule has 2 aromatic rings. The van der Waals surface area contributed by atoms with Gasteiger partial charge in [0.15, 0.2) is 5.75 Å². The van der Waals surface area contributed by atoms with Gasteiger partial charge in [0.05, 0.1) is 17.0 Å². The van der Waals surface area contributed by atoms with Gasteiger partial charge in [-0.2, -0.15) is 0 Å². The fourth-order valence-electron chi connectivity index (χ4n) is 1.90. The fourth-order valence-corrected chi connectivity index (χ4v) is 1.90. The molecule has 0 fully saturated rings. The van der Waals surface area contributed by atoms with Crippen molar-refractivity contribution in [1.82, 2.24) is 0 Å². The van der Waals surface area contributed by atoms with Gasteiger partial charge < -0.3 is 9.47 Å². The zero-order valence-corrected chi connectivity index (χ0v) is 11.9. The summed E-state index contributed by atoms with van der Waals surface area (Å²) in [6, 6.07) is 6.67. The zero-order valence-electron chi connectivity index (χ0n) is 11.9. The Labute approximate surface area is 129 Å². The summed E-state index contributed by atoms with van der Waals surface area (Å²) in [5.41, 5.74) is -0.283. The summed E-state index contributed by atoms with van der Waals surface area (Å²) in [5.74, 6) is -0.658. The number of halogens is 1. The van der Waals surface area contributed by atoms with Crippen LogP contribution in [0.1, 0.15) is 5.56 Å². The van der Waals surface area contributed by atoms with Crippen molar-refractivity contribution in [2.24, 2.45) is 0 Å². The van der Waals surface area contributed by atoms with Crippen LogP contribution in [0.5, 0.6) is 11.5 Å². The lowest BCUT2D eigenvalue weighted by Crippen LogP contribution is -2.02. The number of rotatable bonds is 6. The van der Waals surface area contributed by atoms with Crippen LogP contribution in [0, 0.1) is 26.0 Å². The molecule has 0 heterocycles. The average molecular weight is 322 g/mol. The molecule has 9 heteroatoms. The number of ether oxygens (including phenoxy) is 2. The highest BCUT2D eigenvalue weighted by Gasteiger charge is 2.18. The lowest BCUT2D eigenvalue weighted by Gasteiger charge is -2.10. The Hall–Kier alpha value is -3.23. The van der Waals surface area contributed by atoms with Gasteiger partial charge in [-0.15, -0.1) is 0 Å². The third kappa shape index (κ3) is 3.70. The van der Waals surface area contributed by atoms with Crippen LogP contribution in [0.25, 0.3) is 0 Å². The van der Waals surface area contributed by atoms with Crippen molar-refractivity contribution in [3.8, 4) is 11.5 Å². The predicted octanol–water partition coefficient (Wildman–Crippen LogP) is 3.23. The van der Waals surface area contributed by atoms with Crippen molar-refractivity contribution in [3.05, 3.63) is 68.0 Å². The maximum Gasteiger partial charge on any atom is 0.311 e. The van der Waals surface area contributed by atoms with E-state index in [1.54, 1.807) is 0 Å². The van der Waals surface area contributed by atoms with E-state index < -0.39 is 21.4 Å². The number of hydrogen-bond donors (Lipinski definition) is 0. The van der Waals surface area contributed by atoms with E-state index in [2.05, 4.69) is 0 Å². The van der Waals surface area contributed by atoms with Crippen LogP contribution in [-0.2, 0) is 6.61 Å². The number of hydrogen-bond acceptors (Lipinski definition) is 6. The largest absolute Gasteiger partial charge is 0.496 e. The Kier molecular flexibility index (Phi) is 4.69. The minimum absolute atomic E-state index is 0.182. The van der Waals surface area contributed by atoms with Gasteiger partial charge in [0, 0.05) is 29.8 Å². The highest BCUT2D eigenvalue weighted by atomic mass is 19.1. The molecule has 0 spiro atoms. The molecule has 0 unspecified atom stereocenters. The zero-order chi connectivity index (χ0) is 17.0. The van der Waals surface area contributed by atoms with Crippen molar-refractivity contribution in [2.45, 2.75) is 6.61 Å². The molecular formula is C14H11FN2O6. The van der Waals surface area contributed by atoms with E-state index >= 15 is 0 Å². The maximum atomic E-state index is 13.2. The summed E-state index contributed by atoms with van der Waals surface area (Å²) >= 11 is 0. The van der Waals surface area contributed by atoms with Gasteiger partial charge >= 0.3 is 5.69 Å². The molecule has 0 aliphatic rings. The van der Waals surface area contributed by atoms with E-state index in [0.29, 0.717) is 11.3 Å². The molecule has 0 N–H and O–H groups in total. The summed E-state index contributed by atoms with van der Waals surface area (Å²) in [7, 11) is 1.37. The Balaban J connectivity index is 2.30. The Bertz CT molecular complexity index is 765. The summed E-state index contributed by atoms with van der Waals surface area (Å²) in [4.78, 5) is 20.4. The monoisotopic (exact) mass is 322 g/mol. The normalized spacial score (nSPS) is 10.2. The van der Waals surface area contributed by atoms with Gasteiger partial charge in [-0.25, -0.2) is 4.39 Å². The second kappa shape index (κ2) is 6.69. The average Bonchev–Trinajstić information content (AvgIpc) is 2.52. The van der Waals surface area contributed by atoms with Gasteiger partial charge in [0.2, 0.25) is 0 Å². The van der Waals surface area contributed by atoms with Gasteiger partial charge in [-0.1, -0.05) is 0 Å². The lowest BCUT2D eigenvalue weighted by atomic mass is 10.2. The molecular weight excluding hydrogens is 311 g/mol. The molecule has 120 valence electrons. The highest BCUT2D eigenvalue weighted by Crippen LogP contribution is 2.30. The second-order valence-corrected chi connectivity index (χ2v) is 4.41. The summed E-state index contributed by atoms with van der Waals surface area (Å²) in [6.07, 6.45) is 0. The SMILES string of the molecule is COc1ccc([N+](=O)[O-])cc1COc1cc(F)ccc1[N+](=O)[O-]. The maximum absolute atomic E-state index is 13.2.